The van der Waals surface area contributed by atoms with Crippen LogP contribution in [0.25, 0.3) is 0 Å². The lowest BCUT2D eigenvalue weighted by molar-refractivity contribution is 0.526. The van der Waals surface area contributed by atoms with Gasteiger partial charge in [-0.3, -0.25) is 0 Å². The van der Waals surface area contributed by atoms with Gasteiger partial charge in [0.1, 0.15) is 0 Å². The molecule has 0 amide bonds. The second-order valence-electron chi connectivity index (χ2n) is 5.09. The molecule has 3 heteroatoms. The van der Waals surface area contributed by atoms with E-state index in [-0.39, 0.29) is 0 Å². The van der Waals surface area contributed by atoms with Gasteiger partial charge in [-0.05, 0) is 37.6 Å². The first kappa shape index (κ1) is 9.40. The van der Waals surface area contributed by atoms with Crippen LogP contribution in [0.2, 0.25) is 0 Å². The SMILES string of the molecule is CC1CC1Cn1cncc1C1CCCN1. The van der Waals surface area contributed by atoms with E-state index in [9.17, 15) is 0 Å². The van der Waals surface area contributed by atoms with Crippen LogP contribution in [0.3, 0.4) is 0 Å². The van der Waals surface area contributed by atoms with Crippen LogP contribution in [0, 0.1) is 11.8 Å². The molecule has 3 rings (SSSR count). The maximum Gasteiger partial charge on any atom is 0.0948 e. The summed E-state index contributed by atoms with van der Waals surface area (Å²) in [6.45, 7) is 4.68. The molecule has 82 valence electrons. The summed E-state index contributed by atoms with van der Waals surface area (Å²) in [4.78, 5) is 4.30. The molecule has 2 fully saturated rings. The minimum Gasteiger partial charge on any atom is -0.333 e. The summed E-state index contributed by atoms with van der Waals surface area (Å²) in [5, 5.41) is 3.54. The van der Waals surface area contributed by atoms with Crippen LogP contribution < -0.4 is 5.32 Å². The molecule has 1 aliphatic carbocycles. The number of imidazole rings is 1. The van der Waals surface area contributed by atoms with Crippen molar-refractivity contribution < 1.29 is 0 Å². The first-order chi connectivity index (χ1) is 7.34. The Bertz CT molecular complexity index is 338. The van der Waals surface area contributed by atoms with Crippen molar-refractivity contribution in [1.29, 1.82) is 0 Å². The zero-order chi connectivity index (χ0) is 10.3. The first-order valence-corrected chi connectivity index (χ1v) is 6.08. The van der Waals surface area contributed by atoms with E-state index in [1.807, 2.05) is 12.5 Å². The molecule has 3 atom stereocenters. The van der Waals surface area contributed by atoms with E-state index in [2.05, 4.69) is 21.8 Å². The lowest BCUT2D eigenvalue weighted by Gasteiger charge is -2.13. The maximum atomic E-state index is 4.30. The molecule has 3 nitrogen and oxygen atoms in total. The average molecular weight is 205 g/mol. The summed E-state index contributed by atoms with van der Waals surface area (Å²) in [5.74, 6) is 1.83. The van der Waals surface area contributed by atoms with E-state index in [1.54, 1.807) is 0 Å². The second-order valence-corrected chi connectivity index (χ2v) is 5.09. The van der Waals surface area contributed by atoms with Crippen LogP contribution in [0.4, 0.5) is 0 Å². The second kappa shape index (κ2) is 3.63. The monoisotopic (exact) mass is 205 g/mol. The smallest absolute Gasteiger partial charge is 0.0948 e. The molecule has 3 unspecified atom stereocenters. The third kappa shape index (κ3) is 1.81. The van der Waals surface area contributed by atoms with E-state index in [4.69, 9.17) is 0 Å². The van der Waals surface area contributed by atoms with E-state index in [0.717, 1.165) is 18.4 Å². The minimum atomic E-state index is 0.557. The average Bonchev–Trinajstić information content (AvgIpc) is 2.72. The highest BCUT2D eigenvalue weighted by atomic mass is 15.1. The molecule has 1 saturated carbocycles. The molecule has 0 bridgehead atoms. The largest absolute Gasteiger partial charge is 0.333 e. The Balaban J connectivity index is 1.73. The van der Waals surface area contributed by atoms with Crippen LogP contribution in [0.5, 0.6) is 0 Å². The number of nitrogens with one attached hydrogen (secondary N) is 1. The zero-order valence-corrected chi connectivity index (χ0v) is 9.32. The molecule has 15 heavy (non-hydrogen) atoms. The summed E-state index contributed by atoms with van der Waals surface area (Å²) in [7, 11) is 0. The Morgan fingerprint density at radius 3 is 3.13 bits per heavy atom. The van der Waals surface area contributed by atoms with Crippen molar-refractivity contribution in [1.82, 2.24) is 14.9 Å². The Labute approximate surface area is 90.9 Å². The van der Waals surface area contributed by atoms with Crippen LogP contribution >= 0.6 is 0 Å². The first-order valence-electron chi connectivity index (χ1n) is 6.08. The molecular weight excluding hydrogens is 186 g/mol. The van der Waals surface area contributed by atoms with Gasteiger partial charge in [0.05, 0.1) is 12.0 Å². The Morgan fingerprint density at radius 2 is 2.47 bits per heavy atom. The lowest BCUT2D eigenvalue weighted by Crippen LogP contribution is -2.17. The molecule has 0 spiro atoms. The summed E-state index contributed by atoms with van der Waals surface area (Å²) in [5.41, 5.74) is 1.40. The molecule has 2 aliphatic rings. The van der Waals surface area contributed by atoms with Crippen LogP contribution in [-0.2, 0) is 6.54 Å². The molecule has 1 aromatic heterocycles. The number of aromatic nitrogens is 2. The van der Waals surface area contributed by atoms with Gasteiger partial charge < -0.3 is 9.88 Å². The predicted octanol–water partition coefficient (Wildman–Crippen LogP) is 1.96. The van der Waals surface area contributed by atoms with Gasteiger partial charge in [0.25, 0.3) is 0 Å². The van der Waals surface area contributed by atoms with Crippen molar-refractivity contribution in [2.75, 3.05) is 6.54 Å². The topological polar surface area (TPSA) is 29.9 Å². The number of hydrogen-bond acceptors (Lipinski definition) is 2. The number of hydrogen-bond donors (Lipinski definition) is 1. The van der Waals surface area contributed by atoms with E-state index < -0.39 is 0 Å². The van der Waals surface area contributed by atoms with Gasteiger partial charge >= 0.3 is 0 Å². The molecule has 1 N–H and O–H groups in total. The molecule has 1 saturated heterocycles. The third-order valence-electron chi connectivity index (χ3n) is 3.87. The van der Waals surface area contributed by atoms with Crippen molar-refractivity contribution in [3.05, 3.63) is 18.2 Å². The van der Waals surface area contributed by atoms with E-state index >= 15 is 0 Å². The maximum absolute atomic E-state index is 4.30. The summed E-state index contributed by atoms with van der Waals surface area (Å²) >= 11 is 0. The lowest BCUT2D eigenvalue weighted by atomic mass is 10.1. The van der Waals surface area contributed by atoms with Gasteiger partial charge in [-0.25, -0.2) is 4.98 Å². The van der Waals surface area contributed by atoms with E-state index in [1.165, 1.54) is 31.5 Å². The quantitative estimate of drug-likeness (QED) is 0.817. The molecule has 0 radical (unpaired) electrons. The van der Waals surface area contributed by atoms with Gasteiger partial charge in [0, 0.05) is 18.8 Å². The van der Waals surface area contributed by atoms with Gasteiger partial charge in [-0.2, -0.15) is 0 Å². The third-order valence-corrected chi connectivity index (χ3v) is 3.87. The summed E-state index contributed by atoms with van der Waals surface area (Å²) in [6.07, 6.45) is 8.01. The summed E-state index contributed by atoms with van der Waals surface area (Å²) < 4.78 is 2.36. The van der Waals surface area contributed by atoms with Crippen LogP contribution in [-0.4, -0.2) is 16.1 Å². The van der Waals surface area contributed by atoms with Gasteiger partial charge in [-0.15, -0.1) is 0 Å². The standard InChI is InChI=1S/C12H19N3/c1-9-5-10(9)7-15-8-13-6-12(15)11-3-2-4-14-11/h6,8-11,14H,2-5,7H2,1H3. The van der Waals surface area contributed by atoms with Gasteiger partial charge in [0.2, 0.25) is 0 Å². The van der Waals surface area contributed by atoms with Crippen LogP contribution in [0.1, 0.15) is 37.9 Å². The molecular formula is C12H19N3. The molecule has 1 aliphatic heterocycles. The Hall–Kier alpha value is -0.830. The predicted molar refractivity (Wildman–Crippen MR) is 59.5 cm³/mol. The molecule has 1 aromatic rings. The van der Waals surface area contributed by atoms with Crippen molar-refractivity contribution in [2.45, 2.75) is 38.8 Å². The van der Waals surface area contributed by atoms with Gasteiger partial charge in [0.15, 0.2) is 0 Å². The summed E-state index contributed by atoms with van der Waals surface area (Å²) in [6, 6.07) is 0.557. The minimum absolute atomic E-state index is 0.557. The number of rotatable bonds is 3. The van der Waals surface area contributed by atoms with Crippen molar-refractivity contribution in [3.63, 3.8) is 0 Å². The van der Waals surface area contributed by atoms with Crippen molar-refractivity contribution in [3.8, 4) is 0 Å². The Morgan fingerprint density at radius 1 is 1.60 bits per heavy atom. The zero-order valence-electron chi connectivity index (χ0n) is 9.32. The highest BCUT2D eigenvalue weighted by Crippen LogP contribution is 2.39. The fourth-order valence-corrected chi connectivity index (χ4v) is 2.62. The normalized spacial score (nSPS) is 34.6. The molecule has 0 aromatic carbocycles. The van der Waals surface area contributed by atoms with Crippen molar-refractivity contribution >= 4 is 0 Å². The fourth-order valence-electron chi connectivity index (χ4n) is 2.62. The van der Waals surface area contributed by atoms with Gasteiger partial charge in [-0.1, -0.05) is 6.92 Å². The molecule has 2 heterocycles. The van der Waals surface area contributed by atoms with Crippen LogP contribution in [0.15, 0.2) is 12.5 Å². The Kier molecular flexibility index (Phi) is 2.28. The highest BCUT2D eigenvalue weighted by molar-refractivity contribution is 5.07. The number of nitrogens with zero attached hydrogens (tertiary/aromatic N) is 2. The fraction of sp³-hybridized carbons (Fsp3) is 0.750. The van der Waals surface area contributed by atoms with Crippen molar-refractivity contribution in [2.24, 2.45) is 11.8 Å². The van der Waals surface area contributed by atoms with E-state index in [0.29, 0.717) is 6.04 Å². The highest BCUT2D eigenvalue weighted by Gasteiger charge is 2.33.